The maximum atomic E-state index is 2.30. The van der Waals surface area contributed by atoms with Crippen molar-refractivity contribution >= 4 is 21.4 Å². The summed E-state index contributed by atoms with van der Waals surface area (Å²) < 4.78 is 1.41. The third-order valence-corrected chi connectivity index (χ3v) is 3.20. The van der Waals surface area contributed by atoms with E-state index in [-0.39, 0.29) is 0 Å². The summed E-state index contributed by atoms with van der Waals surface area (Å²) in [6.07, 6.45) is 1.20. The van der Waals surface area contributed by atoms with Crippen LogP contribution in [0.25, 0.3) is 10.1 Å². The molecular formula is C14H20S. The summed E-state index contributed by atoms with van der Waals surface area (Å²) in [5, 5.41) is 3.74. The molecule has 0 bridgehead atoms. The Hall–Kier alpha value is -0.820. The van der Waals surface area contributed by atoms with Crippen molar-refractivity contribution in [3.05, 3.63) is 35.2 Å². The molecule has 0 radical (unpaired) electrons. The second kappa shape index (κ2) is 5.92. The molecule has 0 fully saturated rings. The Kier molecular flexibility index (Phi) is 4.83. The van der Waals surface area contributed by atoms with Crippen LogP contribution in [0.5, 0.6) is 0 Å². The Morgan fingerprint density at radius 3 is 2.47 bits per heavy atom. The summed E-state index contributed by atoms with van der Waals surface area (Å²) in [4.78, 5) is 0. The first-order valence-electron chi connectivity index (χ1n) is 5.72. The van der Waals surface area contributed by atoms with Gasteiger partial charge in [0.2, 0.25) is 0 Å². The first-order valence-corrected chi connectivity index (χ1v) is 6.60. The first kappa shape index (κ1) is 12.3. The summed E-state index contributed by atoms with van der Waals surface area (Å²) in [5.74, 6) is 0.748. The lowest BCUT2D eigenvalue weighted by Crippen LogP contribution is -1.91. The SMILES string of the molecule is CC.CC(C)Cc1csc2ccccc12. The van der Waals surface area contributed by atoms with Crippen molar-refractivity contribution in [3.8, 4) is 0 Å². The van der Waals surface area contributed by atoms with Crippen LogP contribution in [-0.4, -0.2) is 0 Å². The third kappa shape index (κ3) is 3.07. The molecule has 0 N–H and O–H groups in total. The molecule has 1 heterocycles. The maximum Gasteiger partial charge on any atom is 0.0345 e. The molecule has 0 saturated heterocycles. The van der Waals surface area contributed by atoms with Crippen LogP contribution in [0.3, 0.4) is 0 Å². The molecule has 0 aliphatic carbocycles. The highest BCUT2D eigenvalue weighted by Crippen LogP contribution is 2.27. The van der Waals surface area contributed by atoms with Gasteiger partial charge in [-0.3, -0.25) is 0 Å². The van der Waals surface area contributed by atoms with Crippen LogP contribution in [0.2, 0.25) is 0 Å². The van der Waals surface area contributed by atoms with Crippen LogP contribution in [0.4, 0.5) is 0 Å². The number of hydrogen-bond acceptors (Lipinski definition) is 1. The van der Waals surface area contributed by atoms with E-state index in [0.29, 0.717) is 0 Å². The van der Waals surface area contributed by atoms with Crippen molar-refractivity contribution in [2.75, 3.05) is 0 Å². The highest BCUT2D eigenvalue weighted by atomic mass is 32.1. The topological polar surface area (TPSA) is 0 Å². The van der Waals surface area contributed by atoms with Crippen LogP contribution in [0, 0.1) is 5.92 Å². The van der Waals surface area contributed by atoms with Gasteiger partial charge in [0.05, 0.1) is 0 Å². The Balaban J connectivity index is 0.000000531. The normalized spacial score (nSPS) is 10.2. The molecule has 15 heavy (non-hydrogen) atoms. The fourth-order valence-electron chi connectivity index (χ4n) is 1.63. The molecule has 0 saturated carbocycles. The predicted molar refractivity (Wildman–Crippen MR) is 71.7 cm³/mol. The van der Waals surface area contributed by atoms with Gasteiger partial charge in [-0.1, -0.05) is 45.9 Å². The van der Waals surface area contributed by atoms with E-state index in [0.717, 1.165) is 5.92 Å². The quantitative estimate of drug-likeness (QED) is 0.658. The zero-order valence-electron chi connectivity index (χ0n) is 10.1. The van der Waals surface area contributed by atoms with Crippen LogP contribution in [-0.2, 0) is 6.42 Å². The number of rotatable bonds is 2. The summed E-state index contributed by atoms with van der Waals surface area (Å²) in [6.45, 7) is 8.54. The zero-order chi connectivity index (χ0) is 11.3. The third-order valence-electron chi connectivity index (χ3n) is 2.19. The first-order chi connectivity index (χ1) is 7.27. The van der Waals surface area contributed by atoms with E-state index in [9.17, 15) is 0 Å². The fraction of sp³-hybridized carbons (Fsp3) is 0.429. The van der Waals surface area contributed by atoms with Crippen LogP contribution in [0.1, 0.15) is 33.3 Å². The van der Waals surface area contributed by atoms with Crippen molar-refractivity contribution < 1.29 is 0 Å². The van der Waals surface area contributed by atoms with E-state index in [1.807, 2.05) is 25.2 Å². The predicted octanol–water partition coefficient (Wildman–Crippen LogP) is 5.13. The second-order valence-corrected chi connectivity index (χ2v) is 4.77. The van der Waals surface area contributed by atoms with Crippen molar-refractivity contribution in [3.63, 3.8) is 0 Å². The smallest absolute Gasteiger partial charge is 0.0345 e. The lowest BCUT2D eigenvalue weighted by Gasteiger charge is -2.02. The molecule has 2 rings (SSSR count). The Bertz CT molecular complexity index is 398. The molecule has 0 spiro atoms. The van der Waals surface area contributed by atoms with Crippen LogP contribution >= 0.6 is 11.3 Å². The summed E-state index contributed by atoms with van der Waals surface area (Å²) in [7, 11) is 0. The van der Waals surface area contributed by atoms with Gasteiger partial charge in [-0.25, -0.2) is 0 Å². The summed E-state index contributed by atoms with van der Waals surface area (Å²) in [6, 6.07) is 8.66. The molecule has 1 heteroatoms. The highest BCUT2D eigenvalue weighted by Gasteiger charge is 2.04. The zero-order valence-corrected chi connectivity index (χ0v) is 10.9. The molecular weight excluding hydrogens is 200 g/mol. The van der Waals surface area contributed by atoms with E-state index in [1.165, 1.54) is 22.1 Å². The number of fused-ring (bicyclic) bond motifs is 1. The average molecular weight is 220 g/mol. The van der Waals surface area contributed by atoms with Crippen LogP contribution in [0.15, 0.2) is 29.6 Å². The second-order valence-electron chi connectivity index (χ2n) is 3.86. The van der Waals surface area contributed by atoms with Gasteiger partial charge in [0.25, 0.3) is 0 Å². The number of thiophene rings is 1. The van der Waals surface area contributed by atoms with Gasteiger partial charge >= 0.3 is 0 Å². The minimum absolute atomic E-state index is 0.748. The maximum absolute atomic E-state index is 2.30. The minimum Gasteiger partial charge on any atom is -0.144 e. The van der Waals surface area contributed by atoms with Crippen molar-refractivity contribution in [2.24, 2.45) is 5.92 Å². The molecule has 0 nitrogen and oxygen atoms in total. The molecule has 0 unspecified atom stereocenters. The van der Waals surface area contributed by atoms with Gasteiger partial charge in [-0.05, 0) is 34.7 Å². The summed E-state index contributed by atoms with van der Waals surface area (Å²) >= 11 is 1.86. The van der Waals surface area contributed by atoms with Gasteiger partial charge in [0.1, 0.15) is 0 Å². The van der Waals surface area contributed by atoms with E-state index in [4.69, 9.17) is 0 Å². The van der Waals surface area contributed by atoms with Crippen molar-refractivity contribution in [1.82, 2.24) is 0 Å². The molecule has 0 amide bonds. The monoisotopic (exact) mass is 220 g/mol. The number of hydrogen-bond donors (Lipinski definition) is 0. The standard InChI is InChI=1S/C12H14S.C2H6/c1-9(2)7-10-8-13-12-6-4-3-5-11(10)12;1-2/h3-6,8-9H,7H2,1-2H3;1-2H3. The van der Waals surface area contributed by atoms with E-state index in [2.05, 4.69) is 43.5 Å². The van der Waals surface area contributed by atoms with Crippen molar-refractivity contribution in [2.45, 2.75) is 34.1 Å². The molecule has 82 valence electrons. The van der Waals surface area contributed by atoms with Gasteiger partial charge in [0, 0.05) is 4.70 Å². The Morgan fingerprint density at radius 1 is 1.13 bits per heavy atom. The molecule has 0 atom stereocenters. The van der Waals surface area contributed by atoms with Crippen LogP contribution < -0.4 is 0 Å². The van der Waals surface area contributed by atoms with E-state index >= 15 is 0 Å². The lowest BCUT2D eigenvalue weighted by molar-refractivity contribution is 0.651. The van der Waals surface area contributed by atoms with Gasteiger partial charge in [-0.15, -0.1) is 11.3 Å². The van der Waals surface area contributed by atoms with Gasteiger partial charge in [0.15, 0.2) is 0 Å². The number of benzene rings is 1. The van der Waals surface area contributed by atoms with Gasteiger partial charge in [-0.2, -0.15) is 0 Å². The average Bonchev–Trinajstić information content (AvgIpc) is 2.64. The molecule has 0 aliphatic heterocycles. The lowest BCUT2D eigenvalue weighted by atomic mass is 10.0. The van der Waals surface area contributed by atoms with Gasteiger partial charge < -0.3 is 0 Å². The molecule has 1 aromatic carbocycles. The van der Waals surface area contributed by atoms with Crippen molar-refractivity contribution in [1.29, 1.82) is 0 Å². The Labute approximate surface area is 96.9 Å². The van der Waals surface area contributed by atoms with E-state index < -0.39 is 0 Å². The fourth-order valence-corrected chi connectivity index (χ4v) is 2.61. The molecule has 0 aliphatic rings. The Morgan fingerprint density at radius 2 is 1.80 bits per heavy atom. The highest BCUT2D eigenvalue weighted by molar-refractivity contribution is 7.17. The van der Waals surface area contributed by atoms with E-state index in [1.54, 1.807) is 0 Å². The summed E-state index contributed by atoms with van der Waals surface area (Å²) in [5.41, 5.74) is 1.51. The minimum atomic E-state index is 0.748. The largest absolute Gasteiger partial charge is 0.144 e. The molecule has 1 aromatic heterocycles. The molecule has 2 aromatic rings.